The van der Waals surface area contributed by atoms with Crippen molar-refractivity contribution in [3.8, 4) is 11.6 Å². The standard InChI is InChI=1S/C20H17N5O3S/c1-25-18(16-10-5-11-28-16)22-24-20(25)29-12-17(26)21-23-19(27)15-9-4-7-13-6-2-3-8-14(13)15/h2-11H,12H2,1H3,(H,21,26)(H,23,27). The van der Waals surface area contributed by atoms with E-state index < -0.39 is 0 Å². The van der Waals surface area contributed by atoms with E-state index in [-0.39, 0.29) is 17.6 Å². The number of carbonyl (C=O) groups is 2. The van der Waals surface area contributed by atoms with Crippen molar-refractivity contribution in [2.45, 2.75) is 5.16 Å². The topological polar surface area (TPSA) is 102 Å². The van der Waals surface area contributed by atoms with Crippen molar-refractivity contribution < 1.29 is 14.0 Å². The van der Waals surface area contributed by atoms with Gasteiger partial charge >= 0.3 is 0 Å². The summed E-state index contributed by atoms with van der Waals surface area (Å²) < 4.78 is 7.06. The second-order valence-corrected chi connectivity index (χ2v) is 7.10. The summed E-state index contributed by atoms with van der Waals surface area (Å²) in [5.74, 6) is 0.505. The smallest absolute Gasteiger partial charge is 0.270 e. The molecular formula is C20H17N5O3S. The summed E-state index contributed by atoms with van der Waals surface area (Å²) in [6.45, 7) is 0. The van der Waals surface area contributed by atoms with Gasteiger partial charge in [-0.15, -0.1) is 10.2 Å². The number of rotatable bonds is 5. The number of furan rings is 1. The lowest BCUT2D eigenvalue weighted by Gasteiger charge is -2.09. The summed E-state index contributed by atoms with van der Waals surface area (Å²) in [7, 11) is 1.79. The molecule has 0 aliphatic rings. The molecule has 0 fully saturated rings. The monoisotopic (exact) mass is 407 g/mol. The van der Waals surface area contributed by atoms with E-state index >= 15 is 0 Å². The van der Waals surface area contributed by atoms with Gasteiger partial charge in [0.05, 0.1) is 12.0 Å². The minimum Gasteiger partial charge on any atom is -0.461 e. The highest BCUT2D eigenvalue weighted by Crippen LogP contribution is 2.22. The number of amides is 2. The molecule has 146 valence electrons. The molecule has 0 aliphatic carbocycles. The number of carbonyl (C=O) groups excluding carboxylic acids is 2. The molecule has 2 heterocycles. The number of fused-ring (bicyclic) bond motifs is 1. The number of hydrogen-bond donors (Lipinski definition) is 2. The van der Waals surface area contributed by atoms with Crippen LogP contribution in [-0.2, 0) is 11.8 Å². The van der Waals surface area contributed by atoms with Gasteiger partial charge in [-0.2, -0.15) is 0 Å². The van der Waals surface area contributed by atoms with Crippen molar-refractivity contribution in [1.29, 1.82) is 0 Å². The maximum absolute atomic E-state index is 12.5. The highest BCUT2D eigenvalue weighted by molar-refractivity contribution is 7.99. The molecule has 2 amide bonds. The maximum atomic E-state index is 12.5. The first-order valence-electron chi connectivity index (χ1n) is 8.76. The number of aromatic nitrogens is 3. The van der Waals surface area contributed by atoms with Crippen LogP contribution < -0.4 is 10.9 Å². The Morgan fingerprint density at radius 2 is 1.86 bits per heavy atom. The number of hydrogen-bond acceptors (Lipinski definition) is 6. The van der Waals surface area contributed by atoms with E-state index in [2.05, 4.69) is 21.0 Å². The highest BCUT2D eigenvalue weighted by atomic mass is 32.2. The Hall–Kier alpha value is -3.59. The summed E-state index contributed by atoms with van der Waals surface area (Å²) in [5.41, 5.74) is 5.39. The van der Waals surface area contributed by atoms with Gasteiger partial charge in [-0.3, -0.25) is 20.4 Å². The lowest BCUT2D eigenvalue weighted by molar-refractivity contribution is -0.119. The molecule has 4 rings (SSSR count). The lowest BCUT2D eigenvalue weighted by atomic mass is 10.0. The number of benzene rings is 2. The minimum absolute atomic E-state index is 0.0694. The normalized spacial score (nSPS) is 10.8. The van der Waals surface area contributed by atoms with Crippen LogP contribution in [0, 0.1) is 0 Å². The van der Waals surface area contributed by atoms with Crippen molar-refractivity contribution >= 4 is 34.3 Å². The Kier molecular flexibility index (Phi) is 5.30. The van der Waals surface area contributed by atoms with E-state index in [1.54, 1.807) is 42.1 Å². The van der Waals surface area contributed by atoms with E-state index in [1.807, 2.05) is 30.3 Å². The van der Waals surface area contributed by atoms with Gasteiger partial charge in [-0.25, -0.2) is 0 Å². The second-order valence-electron chi connectivity index (χ2n) is 6.16. The van der Waals surface area contributed by atoms with Crippen molar-refractivity contribution in [2.24, 2.45) is 7.05 Å². The summed E-state index contributed by atoms with van der Waals surface area (Å²) in [6.07, 6.45) is 1.56. The molecule has 0 saturated heterocycles. The van der Waals surface area contributed by atoms with Crippen LogP contribution >= 0.6 is 11.8 Å². The van der Waals surface area contributed by atoms with Crippen LogP contribution in [0.1, 0.15) is 10.4 Å². The SMILES string of the molecule is Cn1c(SCC(=O)NNC(=O)c2cccc3ccccc23)nnc1-c1ccco1. The van der Waals surface area contributed by atoms with Crippen molar-refractivity contribution in [2.75, 3.05) is 5.75 Å². The zero-order valence-corrected chi connectivity index (χ0v) is 16.3. The molecule has 0 radical (unpaired) electrons. The van der Waals surface area contributed by atoms with Crippen LogP contribution in [0.15, 0.2) is 70.4 Å². The Labute approximate surface area is 170 Å². The Balaban J connectivity index is 1.34. The van der Waals surface area contributed by atoms with E-state index in [4.69, 9.17) is 4.42 Å². The fourth-order valence-corrected chi connectivity index (χ4v) is 3.56. The van der Waals surface area contributed by atoms with Crippen LogP contribution in [0.5, 0.6) is 0 Å². The summed E-state index contributed by atoms with van der Waals surface area (Å²) in [6, 6.07) is 16.6. The van der Waals surface area contributed by atoms with Crippen LogP contribution in [-0.4, -0.2) is 32.3 Å². The number of thioether (sulfide) groups is 1. The molecule has 0 saturated carbocycles. The number of nitrogens with zero attached hydrogens (tertiary/aromatic N) is 3. The van der Waals surface area contributed by atoms with Gasteiger partial charge < -0.3 is 8.98 Å². The van der Waals surface area contributed by atoms with E-state index in [0.717, 1.165) is 10.8 Å². The predicted octanol–water partition coefficient (Wildman–Crippen LogP) is 2.78. The van der Waals surface area contributed by atoms with Crippen LogP contribution in [0.3, 0.4) is 0 Å². The Morgan fingerprint density at radius 3 is 2.69 bits per heavy atom. The summed E-state index contributed by atoms with van der Waals surface area (Å²) in [5, 5.41) is 10.5. The quantitative estimate of drug-likeness (QED) is 0.390. The van der Waals surface area contributed by atoms with Crippen molar-refractivity contribution in [3.63, 3.8) is 0 Å². The first kappa shape index (κ1) is 18.8. The Morgan fingerprint density at radius 1 is 1.03 bits per heavy atom. The third-order valence-electron chi connectivity index (χ3n) is 4.26. The van der Waals surface area contributed by atoms with Crippen molar-refractivity contribution in [1.82, 2.24) is 25.6 Å². The van der Waals surface area contributed by atoms with Crippen LogP contribution in [0.2, 0.25) is 0 Å². The average molecular weight is 407 g/mol. The first-order chi connectivity index (χ1) is 14.1. The van der Waals surface area contributed by atoms with Gasteiger partial charge in [0.15, 0.2) is 16.7 Å². The lowest BCUT2D eigenvalue weighted by Crippen LogP contribution is -2.42. The largest absolute Gasteiger partial charge is 0.461 e. The first-order valence-corrected chi connectivity index (χ1v) is 9.75. The predicted molar refractivity (Wildman–Crippen MR) is 109 cm³/mol. The third-order valence-corrected chi connectivity index (χ3v) is 5.28. The van der Waals surface area contributed by atoms with Gasteiger partial charge in [0.25, 0.3) is 5.91 Å². The van der Waals surface area contributed by atoms with Crippen LogP contribution in [0.25, 0.3) is 22.4 Å². The van der Waals surface area contributed by atoms with Crippen molar-refractivity contribution in [3.05, 3.63) is 66.4 Å². The molecule has 0 unspecified atom stereocenters. The second kappa shape index (κ2) is 8.19. The van der Waals surface area contributed by atoms with E-state index in [1.165, 1.54) is 11.8 Å². The zero-order valence-electron chi connectivity index (χ0n) is 15.5. The van der Waals surface area contributed by atoms with E-state index in [0.29, 0.717) is 22.3 Å². The van der Waals surface area contributed by atoms with Gasteiger partial charge in [0.1, 0.15) is 0 Å². The summed E-state index contributed by atoms with van der Waals surface area (Å²) in [4.78, 5) is 24.6. The zero-order chi connectivity index (χ0) is 20.2. The molecule has 2 aromatic heterocycles. The van der Waals surface area contributed by atoms with Gasteiger partial charge in [0.2, 0.25) is 5.91 Å². The minimum atomic E-state index is -0.376. The molecule has 8 nitrogen and oxygen atoms in total. The Bertz CT molecular complexity index is 1160. The highest BCUT2D eigenvalue weighted by Gasteiger charge is 2.15. The molecule has 2 aromatic carbocycles. The average Bonchev–Trinajstić information content (AvgIpc) is 3.39. The maximum Gasteiger partial charge on any atom is 0.270 e. The molecule has 2 N–H and O–H groups in total. The van der Waals surface area contributed by atoms with Gasteiger partial charge in [0, 0.05) is 12.6 Å². The van der Waals surface area contributed by atoms with E-state index in [9.17, 15) is 9.59 Å². The van der Waals surface area contributed by atoms with Gasteiger partial charge in [-0.1, -0.05) is 48.2 Å². The summed E-state index contributed by atoms with van der Waals surface area (Å²) >= 11 is 1.21. The fourth-order valence-electron chi connectivity index (χ4n) is 2.84. The third kappa shape index (κ3) is 3.99. The molecular weight excluding hydrogens is 390 g/mol. The fraction of sp³-hybridized carbons (Fsp3) is 0.100. The molecule has 29 heavy (non-hydrogen) atoms. The van der Waals surface area contributed by atoms with Gasteiger partial charge in [-0.05, 0) is 29.0 Å². The molecule has 9 heteroatoms. The molecule has 0 aliphatic heterocycles. The molecule has 0 spiro atoms. The molecule has 0 bridgehead atoms. The number of nitrogens with one attached hydrogen (secondary N) is 2. The molecule has 4 aromatic rings. The number of hydrazine groups is 1. The molecule has 0 atom stereocenters. The van der Waals surface area contributed by atoms with Crippen LogP contribution in [0.4, 0.5) is 0 Å².